The summed E-state index contributed by atoms with van der Waals surface area (Å²) in [5, 5.41) is 12.7. The maximum atomic E-state index is 14.0. The van der Waals surface area contributed by atoms with Gasteiger partial charge in [-0.1, -0.05) is 18.2 Å². The van der Waals surface area contributed by atoms with Crippen LogP contribution < -0.4 is 5.32 Å². The van der Waals surface area contributed by atoms with Gasteiger partial charge >= 0.3 is 0 Å². The Kier molecular flexibility index (Phi) is 3.08. The van der Waals surface area contributed by atoms with Gasteiger partial charge in [0.15, 0.2) is 5.82 Å². The Labute approximate surface area is 116 Å². The van der Waals surface area contributed by atoms with Gasteiger partial charge in [-0.3, -0.25) is 0 Å². The predicted molar refractivity (Wildman–Crippen MR) is 73.9 cm³/mol. The Bertz CT molecular complexity index is 670. The lowest BCUT2D eigenvalue weighted by molar-refractivity contribution is 0.469. The number of nitrogens with one attached hydrogen (secondary N) is 1. The molecule has 4 heteroatoms. The lowest BCUT2D eigenvalue weighted by Gasteiger charge is -2.17. The van der Waals surface area contributed by atoms with E-state index in [4.69, 9.17) is 0 Å². The molecule has 0 saturated heterocycles. The molecule has 1 aliphatic rings. The molecule has 1 unspecified atom stereocenters. The van der Waals surface area contributed by atoms with Crippen molar-refractivity contribution in [1.82, 2.24) is 0 Å². The number of anilines is 1. The number of fused-ring (bicyclic) bond motifs is 1. The number of phenolic OH excluding ortho intramolecular Hbond substituents is 1. The van der Waals surface area contributed by atoms with Crippen molar-refractivity contribution in [3.05, 3.63) is 58.7 Å². The van der Waals surface area contributed by atoms with Crippen LogP contribution in [0.15, 0.2) is 30.3 Å². The topological polar surface area (TPSA) is 32.3 Å². The van der Waals surface area contributed by atoms with Gasteiger partial charge in [0.05, 0.1) is 6.04 Å². The molecule has 2 N–H and O–H groups in total. The number of hydrogen-bond acceptors (Lipinski definition) is 2. The van der Waals surface area contributed by atoms with E-state index in [1.165, 1.54) is 12.1 Å². The summed E-state index contributed by atoms with van der Waals surface area (Å²) in [5.74, 6) is -0.905. The van der Waals surface area contributed by atoms with E-state index in [2.05, 4.69) is 5.32 Å². The third-order valence-electron chi connectivity index (χ3n) is 3.85. The van der Waals surface area contributed by atoms with Crippen LogP contribution >= 0.6 is 0 Å². The number of rotatable bonds is 2. The molecule has 20 heavy (non-hydrogen) atoms. The summed E-state index contributed by atoms with van der Waals surface area (Å²) in [6, 6.07) is 7.77. The number of hydrogen-bond donors (Lipinski definition) is 2. The predicted octanol–water partition coefficient (Wildman–Crippen LogP) is 4.08. The minimum absolute atomic E-state index is 0.0915. The smallest absolute Gasteiger partial charge is 0.152 e. The van der Waals surface area contributed by atoms with Gasteiger partial charge in [0, 0.05) is 0 Å². The van der Waals surface area contributed by atoms with Crippen molar-refractivity contribution < 1.29 is 13.9 Å². The quantitative estimate of drug-likeness (QED) is 0.865. The Morgan fingerprint density at radius 1 is 1.20 bits per heavy atom. The molecule has 0 fully saturated rings. The van der Waals surface area contributed by atoms with E-state index in [0.29, 0.717) is 18.4 Å². The normalized spacial score (nSPS) is 17.1. The van der Waals surface area contributed by atoms with Crippen molar-refractivity contribution in [3.63, 3.8) is 0 Å². The molecule has 0 saturated carbocycles. The number of halogens is 2. The molecule has 0 amide bonds. The highest BCUT2D eigenvalue weighted by molar-refractivity contribution is 5.54. The van der Waals surface area contributed by atoms with Crippen LogP contribution in [0.4, 0.5) is 14.5 Å². The van der Waals surface area contributed by atoms with Gasteiger partial charge in [-0.2, -0.15) is 0 Å². The van der Waals surface area contributed by atoms with Crippen molar-refractivity contribution in [2.24, 2.45) is 0 Å². The van der Waals surface area contributed by atoms with Gasteiger partial charge in [-0.15, -0.1) is 0 Å². The molecule has 0 aromatic heterocycles. The van der Waals surface area contributed by atoms with Crippen LogP contribution in [-0.2, 0) is 6.42 Å². The number of aromatic hydroxyl groups is 1. The van der Waals surface area contributed by atoms with Crippen molar-refractivity contribution in [2.45, 2.75) is 25.8 Å². The summed E-state index contributed by atoms with van der Waals surface area (Å²) in [6.45, 7) is 1.61. The first kappa shape index (κ1) is 12.9. The molecular weight excluding hydrogens is 260 g/mol. The Balaban J connectivity index is 1.96. The van der Waals surface area contributed by atoms with Crippen LogP contribution in [0.2, 0.25) is 0 Å². The van der Waals surface area contributed by atoms with E-state index in [1.807, 2.05) is 6.07 Å². The summed E-state index contributed by atoms with van der Waals surface area (Å²) in [4.78, 5) is 0. The average Bonchev–Trinajstić information content (AvgIpc) is 2.84. The Morgan fingerprint density at radius 3 is 2.80 bits per heavy atom. The molecule has 1 atom stereocenters. The summed E-state index contributed by atoms with van der Waals surface area (Å²) in [6.07, 6.45) is 1.41. The Hall–Kier alpha value is -2.10. The van der Waals surface area contributed by atoms with Crippen molar-refractivity contribution in [1.29, 1.82) is 0 Å². The SMILES string of the molecule is Cc1ccc(F)c(NC2CCc3c(O)cccc32)c1F. The van der Waals surface area contributed by atoms with Crippen LogP contribution in [0.1, 0.15) is 29.2 Å². The summed E-state index contributed by atoms with van der Waals surface area (Å²) in [7, 11) is 0. The minimum atomic E-state index is -0.596. The van der Waals surface area contributed by atoms with Crippen molar-refractivity contribution in [3.8, 4) is 5.75 Å². The first-order valence-corrected chi connectivity index (χ1v) is 6.60. The molecule has 104 valence electrons. The minimum Gasteiger partial charge on any atom is -0.508 e. The Morgan fingerprint density at radius 2 is 2.00 bits per heavy atom. The highest BCUT2D eigenvalue weighted by Gasteiger charge is 2.26. The lowest BCUT2D eigenvalue weighted by Crippen LogP contribution is -2.10. The van der Waals surface area contributed by atoms with E-state index >= 15 is 0 Å². The molecule has 2 nitrogen and oxygen atoms in total. The van der Waals surface area contributed by atoms with Crippen molar-refractivity contribution >= 4 is 5.69 Å². The van der Waals surface area contributed by atoms with Crippen LogP contribution in [0.5, 0.6) is 5.75 Å². The third kappa shape index (κ3) is 2.01. The second kappa shape index (κ2) is 4.78. The molecule has 0 aliphatic heterocycles. The maximum Gasteiger partial charge on any atom is 0.152 e. The largest absolute Gasteiger partial charge is 0.508 e. The van der Waals surface area contributed by atoms with E-state index in [0.717, 1.165) is 11.1 Å². The zero-order chi connectivity index (χ0) is 14.3. The second-order valence-electron chi connectivity index (χ2n) is 5.13. The fourth-order valence-corrected chi connectivity index (χ4v) is 2.75. The summed E-state index contributed by atoms with van der Waals surface area (Å²) < 4.78 is 27.8. The van der Waals surface area contributed by atoms with Gasteiger partial charge in [-0.05, 0) is 48.6 Å². The third-order valence-corrected chi connectivity index (χ3v) is 3.85. The lowest BCUT2D eigenvalue weighted by atomic mass is 10.1. The standard InChI is InChI=1S/C16H15F2NO/c1-9-5-7-12(17)16(15(9)18)19-13-8-6-11-10(13)3-2-4-14(11)20/h2-5,7,13,19-20H,6,8H2,1H3. The molecule has 0 radical (unpaired) electrons. The first-order valence-electron chi connectivity index (χ1n) is 6.60. The van der Waals surface area contributed by atoms with Gasteiger partial charge in [0.25, 0.3) is 0 Å². The van der Waals surface area contributed by atoms with Crippen LogP contribution in [0.3, 0.4) is 0 Å². The van der Waals surface area contributed by atoms with Gasteiger partial charge in [0.1, 0.15) is 17.3 Å². The molecule has 2 aromatic carbocycles. The molecular formula is C16H15F2NO. The van der Waals surface area contributed by atoms with Crippen LogP contribution in [-0.4, -0.2) is 5.11 Å². The zero-order valence-corrected chi connectivity index (χ0v) is 11.1. The van der Waals surface area contributed by atoms with E-state index < -0.39 is 11.6 Å². The fourth-order valence-electron chi connectivity index (χ4n) is 2.75. The highest BCUT2D eigenvalue weighted by Crippen LogP contribution is 2.39. The maximum absolute atomic E-state index is 14.0. The molecule has 1 aliphatic carbocycles. The van der Waals surface area contributed by atoms with Gasteiger partial charge in [-0.25, -0.2) is 8.78 Å². The van der Waals surface area contributed by atoms with Crippen molar-refractivity contribution in [2.75, 3.05) is 5.32 Å². The molecule has 0 bridgehead atoms. The fraction of sp³-hybridized carbons (Fsp3) is 0.250. The highest BCUT2D eigenvalue weighted by atomic mass is 19.1. The second-order valence-corrected chi connectivity index (χ2v) is 5.13. The van der Waals surface area contributed by atoms with E-state index in [1.54, 1.807) is 19.1 Å². The molecule has 0 heterocycles. The average molecular weight is 275 g/mol. The summed E-state index contributed by atoms with van der Waals surface area (Å²) >= 11 is 0. The monoisotopic (exact) mass is 275 g/mol. The zero-order valence-electron chi connectivity index (χ0n) is 11.1. The molecule has 0 spiro atoms. The molecule has 3 rings (SSSR count). The van der Waals surface area contributed by atoms with Crippen LogP contribution in [0.25, 0.3) is 0 Å². The van der Waals surface area contributed by atoms with E-state index in [-0.39, 0.29) is 17.5 Å². The number of aryl methyl sites for hydroxylation is 1. The summed E-state index contributed by atoms with van der Waals surface area (Å²) in [5.41, 5.74) is 2.08. The van der Waals surface area contributed by atoms with E-state index in [9.17, 15) is 13.9 Å². The number of phenols is 1. The first-order chi connectivity index (χ1) is 9.58. The number of benzene rings is 2. The van der Waals surface area contributed by atoms with Crippen LogP contribution in [0, 0.1) is 18.6 Å². The van der Waals surface area contributed by atoms with Gasteiger partial charge in [0.2, 0.25) is 0 Å². The van der Waals surface area contributed by atoms with Gasteiger partial charge < -0.3 is 10.4 Å². The molecule has 2 aromatic rings.